The average Bonchev–Trinajstić information content (AvgIpc) is 2.17. The van der Waals surface area contributed by atoms with Crippen LogP contribution in [0.15, 0.2) is 0 Å². The molecule has 0 aromatic rings. The lowest BCUT2D eigenvalue weighted by molar-refractivity contribution is -0.124. The van der Waals surface area contributed by atoms with Crippen molar-refractivity contribution in [3.05, 3.63) is 0 Å². The van der Waals surface area contributed by atoms with Crippen LogP contribution in [0.25, 0.3) is 0 Å². The molecule has 4 nitrogen and oxygen atoms in total. The predicted molar refractivity (Wildman–Crippen MR) is 63.0 cm³/mol. The minimum Gasteiger partial charge on any atom is -0.369 e. The van der Waals surface area contributed by atoms with Crippen molar-refractivity contribution in [2.24, 2.45) is 17.6 Å². The molecular formula is C11H19ClN2O2. The van der Waals surface area contributed by atoms with Crippen molar-refractivity contribution in [3.63, 3.8) is 0 Å². The van der Waals surface area contributed by atoms with Crippen LogP contribution in [0, 0.1) is 11.8 Å². The van der Waals surface area contributed by atoms with Crippen molar-refractivity contribution in [1.29, 1.82) is 0 Å². The third kappa shape index (κ3) is 3.19. The fourth-order valence-electron chi connectivity index (χ4n) is 2.29. The molecule has 0 aromatic heterocycles. The van der Waals surface area contributed by atoms with Gasteiger partial charge >= 0.3 is 0 Å². The molecule has 1 fully saturated rings. The Bertz CT molecular complexity index is 273. The molecule has 0 saturated carbocycles. The van der Waals surface area contributed by atoms with Gasteiger partial charge < -0.3 is 5.73 Å². The zero-order valence-electron chi connectivity index (χ0n) is 9.78. The van der Waals surface area contributed by atoms with E-state index in [-0.39, 0.29) is 29.0 Å². The first-order chi connectivity index (χ1) is 7.43. The Kier molecular flexibility index (Phi) is 4.74. The summed E-state index contributed by atoms with van der Waals surface area (Å²) in [6.45, 7) is 5.39. The van der Waals surface area contributed by atoms with Gasteiger partial charge in [0.2, 0.25) is 11.1 Å². The molecule has 5 heteroatoms. The van der Waals surface area contributed by atoms with E-state index in [1.807, 2.05) is 13.8 Å². The number of halogens is 1. The van der Waals surface area contributed by atoms with Crippen LogP contribution in [-0.4, -0.2) is 35.2 Å². The third-order valence-corrected chi connectivity index (χ3v) is 3.41. The number of carbonyl (C=O) groups excluding carboxylic acids is 2. The molecule has 0 bridgehead atoms. The van der Waals surface area contributed by atoms with Gasteiger partial charge in [0.1, 0.15) is 0 Å². The van der Waals surface area contributed by atoms with E-state index in [0.29, 0.717) is 0 Å². The van der Waals surface area contributed by atoms with Gasteiger partial charge in [-0.3, -0.25) is 14.5 Å². The maximum atomic E-state index is 11.3. The molecule has 1 aliphatic heterocycles. The monoisotopic (exact) mass is 246 g/mol. The molecule has 1 unspecified atom stereocenters. The normalized spacial score (nSPS) is 21.0. The summed E-state index contributed by atoms with van der Waals surface area (Å²) in [5.74, 6) is -0.0948. The SMILES string of the molecule is CC(C)C(C(=O)Cl)N1CCC(C(N)=O)CC1. The summed E-state index contributed by atoms with van der Waals surface area (Å²) in [4.78, 5) is 24.4. The standard InChI is InChI=1S/C11H19ClN2O2/c1-7(2)9(10(12)15)14-5-3-8(4-6-14)11(13)16/h7-9H,3-6H2,1-2H3,(H2,13,16). The highest BCUT2D eigenvalue weighted by atomic mass is 35.5. The number of rotatable bonds is 4. The Morgan fingerprint density at radius 2 is 1.81 bits per heavy atom. The largest absolute Gasteiger partial charge is 0.369 e. The molecule has 92 valence electrons. The molecule has 16 heavy (non-hydrogen) atoms. The van der Waals surface area contributed by atoms with Crippen molar-refractivity contribution in [2.45, 2.75) is 32.7 Å². The molecule has 0 radical (unpaired) electrons. The number of likely N-dealkylation sites (tertiary alicyclic amines) is 1. The average molecular weight is 247 g/mol. The maximum Gasteiger partial charge on any atom is 0.239 e. The summed E-state index contributed by atoms with van der Waals surface area (Å²) < 4.78 is 0. The molecule has 2 N–H and O–H groups in total. The molecule has 1 heterocycles. The summed E-state index contributed by atoms with van der Waals surface area (Å²) >= 11 is 5.60. The molecule has 0 aliphatic carbocycles. The lowest BCUT2D eigenvalue weighted by Crippen LogP contribution is -2.48. The molecular weight excluding hydrogens is 228 g/mol. The highest BCUT2D eigenvalue weighted by Crippen LogP contribution is 2.22. The molecule has 1 saturated heterocycles. The van der Waals surface area contributed by atoms with E-state index in [9.17, 15) is 9.59 Å². The number of nitrogens with two attached hydrogens (primary N) is 1. The third-order valence-electron chi connectivity index (χ3n) is 3.19. The number of piperidine rings is 1. The second kappa shape index (κ2) is 5.64. The Labute approximate surface area is 101 Å². The second-order valence-electron chi connectivity index (χ2n) is 4.71. The quantitative estimate of drug-likeness (QED) is 0.752. The van der Waals surface area contributed by atoms with Crippen LogP contribution < -0.4 is 5.73 Å². The van der Waals surface area contributed by atoms with Gasteiger partial charge in [-0.25, -0.2) is 0 Å². The van der Waals surface area contributed by atoms with Gasteiger partial charge in [0.25, 0.3) is 0 Å². The van der Waals surface area contributed by atoms with E-state index in [0.717, 1.165) is 25.9 Å². The van der Waals surface area contributed by atoms with Crippen LogP contribution in [-0.2, 0) is 9.59 Å². The Morgan fingerprint density at radius 1 is 1.31 bits per heavy atom. The van der Waals surface area contributed by atoms with E-state index < -0.39 is 0 Å². The fourth-order valence-corrected chi connectivity index (χ4v) is 2.68. The van der Waals surface area contributed by atoms with Gasteiger partial charge in [-0.05, 0) is 43.5 Å². The van der Waals surface area contributed by atoms with E-state index in [2.05, 4.69) is 4.90 Å². The number of hydrogen-bond acceptors (Lipinski definition) is 3. The Hall–Kier alpha value is -0.610. The predicted octanol–water partition coefficient (Wildman–Crippen LogP) is 0.974. The van der Waals surface area contributed by atoms with Gasteiger partial charge in [-0.1, -0.05) is 13.8 Å². The first kappa shape index (κ1) is 13.5. The summed E-state index contributed by atoms with van der Waals surface area (Å²) in [7, 11) is 0. The van der Waals surface area contributed by atoms with Crippen molar-refractivity contribution < 1.29 is 9.59 Å². The van der Waals surface area contributed by atoms with E-state index in [1.165, 1.54) is 0 Å². The van der Waals surface area contributed by atoms with Crippen LogP contribution in [0.3, 0.4) is 0 Å². The number of primary amides is 1. The Morgan fingerprint density at radius 3 is 2.12 bits per heavy atom. The summed E-state index contributed by atoms with van der Waals surface area (Å²) in [6, 6.07) is -0.240. The van der Waals surface area contributed by atoms with Gasteiger partial charge in [0, 0.05) is 5.92 Å². The number of carbonyl (C=O) groups is 2. The van der Waals surface area contributed by atoms with Crippen LogP contribution in [0.1, 0.15) is 26.7 Å². The summed E-state index contributed by atoms with van der Waals surface area (Å²) in [5, 5.41) is -0.312. The second-order valence-corrected chi connectivity index (χ2v) is 5.08. The zero-order chi connectivity index (χ0) is 12.3. The van der Waals surface area contributed by atoms with E-state index >= 15 is 0 Å². The minimum absolute atomic E-state index is 0.0468. The molecule has 0 aromatic carbocycles. The molecule has 0 spiro atoms. The lowest BCUT2D eigenvalue weighted by atomic mass is 9.93. The highest BCUT2D eigenvalue weighted by molar-refractivity contribution is 6.64. The molecule has 1 rings (SSSR count). The lowest BCUT2D eigenvalue weighted by Gasteiger charge is -2.36. The first-order valence-corrected chi connectivity index (χ1v) is 6.04. The molecule has 1 amide bonds. The van der Waals surface area contributed by atoms with Crippen LogP contribution in [0.4, 0.5) is 0 Å². The molecule has 1 atom stereocenters. The van der Waals surface area contributed by atoms with Crippen LogP contribution in [0.5, 0.6) is 0 Å². The van der Waals surface area contributed by atoms with E-state index in [4.69, 9.17) is 17.3 Å². The van der Waals surface area contributed by atoms with E-state index in [1.54, 1.807) is 0 Å². The van der Waals surface area contributed by atoms with Crippen LogP contribution in [0.2, 0.25) is 0 Å². The maximum absolute atomic E-state index is 11.3. The minimum atomic E-state index is -0.312. The summed E-state index contributed by atoms with van der Waals surface area (Å²) in [5.41, 5.74) is 5.26. The fraction of sp³-hybridized carbons (Fsp3) is 0.818. The number of hydrogen-bond donors (Lipinski definition) is 1. The first-order valence-electron chi connectivity index (χ1n) is 5.66. The zero-order valence-corrected chi connectivity index (χ0v) is 10.5. The highest BCUT2D eigenvalue weighted by Gasteiger charge is 2.32. The molecule has 1 aliphatic rings. The van der Waals surface area contributed by atoms with Crippen LogP contribution >= 0.6 is 11.6 Å². The smallest absolute Gasteiger partial charge is 0.239 e. The number of amides is 1. The summed E-state index contributed by atoms with van der Waals surface area (Å²) in [6.07, 6.45) is 1.45. The van der Waals surface area contributed by atoms with Crippen molar-refractivity contribution in [1.82, 2.24) is 4.90 Å². The topological polar surface area (TPSA) is 63.4 Å². The number of nitrogens with zero attached hydrogens (tertiary/aromatic N) is 1. The van der Waals surface area contributed by atoms with Gasteiger partial charge in [0.05, 0.1) is 6.04 Å². The Balaban J connectivity index is 2.57. The van der Waals surface area contributed by atoms with Crippen molar-refractivity contribution in [3.8, 4) is 0 Å². The van der Waals surface area contributed by atoms with Gasteiger partial charge in [0.15, 0.2) is 0 Å². The van der Waals surface area contributed by atoms with Gasteiger partial charge in [-0.2, -0.15) is 0 Å². The van der Waals surface area contributed by atoms with Crippen molar-refractivity contribution in [2.75, 3.05) is 13.1 Å². The van der Waals surface area contributed by atoms with Gasteiger partial charge in [-0.15, -0.1) is 0 Å². The van der Waals surface area contributed by atoms with Crippen molar-refractivity contribution >= 4 is 22.8 Å².